The van der Waals surface area contributed by atoms with Crippen LogP contribution in [0.25, 0.3) is 0 Å². The third-order valence-electron chi connectivity index (χ3n) is 0.908. The molecule has 0 aromatic carbocycles. The minimum Gasteiger partial charge on any atom is -0.0991 e. The summed E-state index contributed by atoms with van der Waals surface area (Å²) in [4.78, 5) is 1.85. The molecule has 11 heavy (non-hydrogen) atoms. The van der Waals surface area contributed by atoms with E-state index in [0.717, 1.165) is 9.81 Å². The van der Waals surface area contributed by atoms with Gasteiger partial charge in [-0.25, -0.2) is 0 Å². The molecule has 0 unspecified atom stereocenters. The van der Waals surface area contributed by atoms with Crippen molar-refractivity contribution in [3.8, 4) is 0 Å². The number of hydrogen-bond donors (Lipinski definition) is 0. The number of allylic oxidation sites excluding steroid dienone is 4. The molecule has 0 bridgehead atoms. The minimum absolute atomic E-state index is 0.906. The Kier molecular flexibility index (Phi) is 5.30. The molecular formula is C10H12S. The van der Waals surface area contributed by atoms with Crippen LogP contribution in [0.4, 0.5) is 0 Å². The highest BCUT2D eigenvalue weighted by atomic mass is 32.2. The van der Waals surface area contributed by atoms with Crippen LogP contribution in [-0.2, 0) is 0 Å². The lowest BCUT2D eigenvalue weighted by molar-refractivity contribution is 1.92. The van der Waals surface area contributed by atoms with Gasteiger partial charge in [0.1, 0.15) is 0 Å². The maximum absolute atomic E-state index is 3.80. The first-order chi connectivity index (χ1) is 5.20. The van der Waals surface area contributed by atoms with Gasteiger partial charge in [0.05, 0.1) is 0 Å². The molecule has 0 aliphatic heterocycles. The Balaban J connectivity index is 3.87. The molecule has 0 nitrogen and oxygen atoms in total. The van der Waals surface area contributed by atoms with Crippen LogP contribution in [0.2, 0.25) is 0 Å². The van der Waals surface area contributed by atoms with Gasteiger partial charge in [-0.2, -0.15) is 0 Å². The summed E-state index contributed by atoms with van der Waals surface area (Å²) in [6.07, 6.45) is 7.14. The van der Waals surface area contributed by atoms with Crippen molar-refractivity contribution < 1.29 is 0 Å². The molecule has 0 atom stereocenters. The monoisotopic (exact) mass is 164 g/mol. The van der Waals surface area contributed by atoms with Gasteiger partial charge in [0.15, 0.2) is 0 Å². The first-order valence-corrected chi connectivity index (χ1v) is 3.99. The molecule has 0 aliphatic rings. The van der Waals surface area contributed by atoms with Crippen LogP contribution in [0, 0.1) is 0 Å². The van der Waals surface area contributed by atoms with Gasteiger partial charge >= 0.3 is 0 Å². The topological polar surface area (TPSA) is 0 Å². The first-order valence-electron chi connectivity index (χ1n) is 3.18. The fraction of sp³-hybridized carbons (Fsp3) is 0. The second-order valence-electron chi connectivity index (χ2n) is 1.83. The normalized spacial score (nSPS) is 9.45. The summed E-state index contributed by atoms with van der Waals surface area (Å²) in [5.41, 5.74) is 0. The highest BCUT2D eigenvalue weighted by Gasteiger charge is 1.89. The standard InChI is InChI=1S/C10H12S/c1-5-7-8-10(4)11-9(3)6-2/h5-8H,1-4H2/b8-7-. The average molecular weight is 164 g/mol. The maximum atomic E-state index is 3.80. The summed E-state index contributed by atoms with van der Waals surface area (Å²) >= 11 is 1.50. The van der Waals surface area contributed by atoms with Crippen LogP contribution >= 0.6 is 11.8 Å². The van der Waals surface area contributed by atoms with E-state index in [2.05, 4.69) is 26.3 Å². The molecule has 0 saturated heterocycles. The van der Waals surface area contributed by atoms with E-state index in [1.807, 2.05) is 12.2 Å². The largest absolute Gasteiger partial charge is 0.0991 e. The molecule has 0 aromatic heterocycles. The van der Waals surface area contributed by atoms with Crippen molar-refractivity contribution in [1.82, 2.24) is 0 Å². The summed E-state index contributed by atoms with van der Waals surface area (Å²) in [6.45, 7) is 14.7. The van der Waals surface area contributed by atoms with Crippen molar-refractivity contribution in [2.75, 3.05) is 0 Å². The zero-order valence-corrected chi connectivity index (χ0v) is 7.36. The molecule has 1 heteroatoms. The summed E-state index contributed by atoms with van der Waals surface area (Å²) < 4.78 is 0. The molecule has 0 radical (unpaired) electrons. The fourth-order valence-corrected chi connectivity index (χ4v) is 0.986. The Hall–Kier alpha value is -0.950. The van der Waals surface area contributed by atoms with E-state index in [1.54, 1.807) is 12.2 Å². The smallest absolute Gasteiger partial charge is 0.00497 e. The highest BCUT2D eigenvalue weighted by molar-refractivity contribution is 8.07. The average Bonchev–Trinajstić information content (AvgIpc) is 2.00. The predicted molar refractivity (Wildman–Crippen MR) is 55.4 cm³/mol. The Bertz CT molecular complexity index is 209. The molecule has 0 N–H and O–H groups in total. The van der Waals surface area contributed by atoms with Gasteiger partial charge in [0, 0.05) is 9.81 Å². The van der Waals surface area contributed by atoms with Gasteiger partial charge in [-0.1, -0.05) is 56.3 Å². The third-order valence-corrected chi connectivity index (χ3v) is 1.74. The lowest BCUT2D eigenvalue weighted by Crippen LogP contribution is -1.67. The SMILES string of the molecule is C=C/C=C\C(=C)SC(=C)C=C. The van der Waals surface area contributed by atoms with Crippen molar-refractivity contribution >= 4 is 11.8 Å². The number of thioether (sulfide) groups is 1. The lowest BCUT2D eigenvalue weighted by atomic mass is 10.5. The van der Waals surface area contributed by atoms with E-state index in [1.165, 1.54) is 11.8 Å². The van der Waals surface area contributed by atoms with Crippen LogP contribution in [0.15, 0.2) is 60.4 Å². The van der Waals surface area contributed by atoms with Crippen LogP contribution in [0.5, 0.6) is 0 Å². The molecule has 0 aliphatic carbocycles. The van der Waals surface area contributed by atoms with E-state index < -0.39 is 0 Å². The lowest BCUT2D eigenvalue weighted by Gasteiger charge is -1.96. The molecule has 0 heterocycles. The van der Waals surface area contributed by atoms with E-state index >= 15 is 0 Å². The van der Waals surface area contributed by atoms with E-state index in [9.17, 15) is 0 Å². The number of rotatable bonds is 5. The first kappa shape index (κ1) is 10.0. The molecule has 0 amide bonds. The quantitative estimate of drug-likeness (QED) is 0.559. The van der Waals surface area contributed by atoms with Gasteiger partial charge in [-0.3, -0.25) is 0 Å². The van der Waals surface area contributed by atoms with Gasteiger partial charge in [0.25, 0.3) is 0 Å². The summed E-state index contributed by atoms with van der Waals surface area (Å²) in [7, 11) is 0. The Morgan fingerprint density at radius 1 is 1.09 bits per heavy atom. The molecule has 0 rings (SSSR count). The predicted octanol–water partition coefficient (Wildman–Crippen LogP) is 3.68. The second kappa shape index (κ2) is 5.81. The molecule has 0 spiro atoms. The van der Waals surface area contributed by atoms with Gasteiger partial charge < -0.3 is 0 Å². The van der Waals surface area contributed by atoms with Crippen molar-refractivity contribution in [2.45, 2.75) is 0 Å². The molecule has 0 saturated carbocycles. The Morgan fingerprint density at radius 3 is 2.18 bits per heavy atom. The van der Waals surface area contributed by atoms with Gasteiger partial charge in [-0.05, 0) is 6.08 Å². The molecule has 0 aromatic rings. The Labute approximate surface area is 72.7 Å². The van der Waals surface area contributed by atoms with Crippen molar-refractivity contribution in [2.24, 2.45) is 0 Å². The minimum atomic E-state index is 0.906. The van der Waals surface area contributed by atoms with Crippen molar-refractivity contribution in [3.05, 3.63) is 60.4 Å². The van der Waals surface area contributed by atoms with E-state index in [4.69, 9.17) is 0 Å². The van der Waals surface area contributed by atoms with Crippen molar-refractivity contribution in [1.29, 1.82) is 0 Å². The van der Waals surface area contributed by atoms with E-state index in [0.29, 0.717) is 0 Å². The Morgan fingerprint density at radius 2 is 1.73 bits per heavy atom. The van der Waals surface area contributed by atoms with Crippen molar-refractivity contribution in [3.63, 3.8) is 0 Å². The third kappa shape index (κ3) is 5.49. The van der Waals surface area contributed by atoms with Crippen LogP contribution < -0.4 is 0 Å². The van der Waals surface area contributed by atoms with Gasteiger partial charge in [-0.15, -0.1) is 0 Å². The zero-order valence-electron chi connectivity index (χ0n) is 6.55. The summed E-state index contributed by atoms with van der Waals surface area (Å²) in [6, 6.07) is 0. The zero-order chi connectivity index (χ0) is 8.69. The van der Waals surface area contributed by atoms with Crippen LogP contribution in [0.3, 0.4) is 0 Å². The maximum Gasteiger partial charge on any atom is 0.00497 e. The van der Waals surface area contributed by atoms with Gasteiger partial charge in [0.2, 0.25) is 0 Å². The molecule has 0 fully saturated rings. The van der Waals surface area contributed by atoms with Crippen LogP contribution in [0.1, 0.15) is 0 Å². The highest BCUT2D eigenvalue weighted by Crippen LogP contribution is 2.23. The number of hydrogen-bond acceptors (Lipinski definition) is 1. The van der Waals surface area contributed by atoms with Crippen LogP contribution in [-0.4, -0.2) is 0 Å². The fourth-order valence-electron chi connectivity index (χ4n) is 0.419. The second-order valence-corrected chi connectivity index (χ2v) is 3.09. The molecular weight excluding hydrogens is 152 g/mol. The van der Waals surface area contributed by atoms with E-state index in [-0.39, 0.29) is 0 Å². The summed E-state index contributed by atoms with van der Waals surface area (Å²) in [5, 5.41) is 0. The molecule has 58 valence electrons. The summed E-state index contributed by atoms with van der Waals surface area (Å²) in [5.74, 6) is 0.